The molecule has 0 saturated carbocycles. The number of sulfonamides is 1. The lowest BCUT2D eigenvalue weighted by atomic mass is 10.2. The maximum Gasteiger partial charge on any atom is 0.270 e. The number of hydrogen-bond acceptors (Lipinski definition) is 5. The molecule has 158 valence electrons. The first-order valence-electron chi connectivity index (χ1n) is 9.16. The van der Waals surface area contributed by atoms with Crippen LogP contribution >= 0.6 is 0 Å². The molecule has 1 heterocycles. The fourth-order valence-electron chi connectivity index (χ4n) is 3.15. The summed E-state index contributed by atoms with van der Waals surface area (Å²) in [6, 6.07) is 9.54. The first-order valence-corrected chi connectivity index (χ1v) is 10.6. The van der Waals surface area contributed by atoms with Crippen LogP contribution in [0.1, 0.15) is 11.1 Å². The van der Waals surface area contributed by atoms with Gasteiger partial charge in [-0.25, -0.2) is 12.8 Å². The predicted octanol–water partition coefficient (Wildman–Crippen LogP) is 2.59. The van der Waals surface area contributed by atoms with E-state index in [9.17, 15) is 27.7 Å². The van der Waals surface area contributed by atoms with Crippen molar-refractivity contribution in [2.45, 2.75) is 11.8 Å². The smallest absolute Gasteiger partial charge is 0.270 e. The number of amides is 1. The molecule has 1 aliphatic heterocycles. The molecule has 0 spiro atoms. The average Bonchev–Trinajstić information content (AvgIpc) is 2.72. The molecule has 0 atom stereocenters. The molecule has 0 radical (unpaired) electrons. The van der Waals surface area contributed by atoms with Gasteiger partial charge in [-0.2, -0.15) is 4.31 Å². The van der Waals surface area contributed by atoms with E-state index in [0.717, 1.165) is 6.07 Å². The van der Waals surface area contributed by atoms with Crippen molar-refractivity contribution in [1.82, 2.24) is 9.21 Å². The Morgan fingerprint density at radius 1 is 1.13 bits per heavy atom. The molecular weight excluding hydrogens is 413 g/mol. The number of hydrogen-bond donors (Lipinski definition) is 0. The number of non-ortho nitro benzene ring substituents is 1. The highest BCUT2D eigenvalue weighted by atomic mass is 32.2. The third-order valence-electron chi connectivity index (χ3n) is 4.82. The van der Waals surface area contributed by atoms with Crippen LogP contribution in [0.25, 0.3) is 6.08 Å². The number of carbonyl (C=O) groups excluding carboxylic acids is 1. The third kappa shape index (κ3) is 4.71. The Morgan fingerprint density at radius 3 is 2.47 bits per heavy atom. The number of aryl methyl sites for hydroxylation is 1. The van der Waals surface area contributed by atoms with Gasteiger partial charge in [-0.05, 0) is 36.3 Å². The minimum Gasteiger partial charge on any atom is -0.337 e. The molecule has 1 saturated heterocycles. The van der Waals surface area contributed by atoms with Crippen LogP contribution in [0.5, 0.6) is 0 Å². The van der Waals surface area contributed by atoms with Crippen LogP contribution in [-0.4, -0.2) is 54.6 Å². The SMILES string of the molecule is Cc1ccc([N+](=O)[O-])cc1S(=O)(=O)N1CCN(C(=O)C=Cc2cccc(F)c2)CC1. The van der Waals surface area contributed by atoms with Crippen LogP contribution in [0.4, 0.5) is 10.1 Å². The molecule has 2 aromatic rings. The van der Waals surface area contributed by atoms with Gasteiger partial charge in [0.25, 0.3) is 5.69 Å². The van der Waals surface area contributed by atoms with Crippen LogP contribution in [0, 0.1) is 22.9 Å². The molecule has 10 heteroatoms. The van der Waals surface area contributed by atoms with Crippen molar-refractivity contribution < 1.29 is 22.5 Å². The molecule has 0 aromatic heterocycles. The highest BCUT2D eigenvalue weighted by molar-refractivity contribution is 7.89. The van der Waals surface area contributed by atoms with Crippen LogP contribution < -0.4 is 0 Å². The third-order valence-corrected chi connectivity index (χ3v) is 6.86. The van der Waals surface area contributed by atoms with Crippen molar-refractivity contribution >= 4 is 27.7 Å². The van der Waals surface area contributed by atoms with E-state index in [4.69, 9.17) is 0 Å². The van der Waals surface area contributed by atoms with E-state index in [0.29, 0.717) is 11.1 Å². The topological polar surface area (TPSA) is 101 Å². The lowest BCUT2D eigenvalue weighted by Gasteiger charge is -2.33. The molecule has 0 aliphatic carbocycles. The number of nitro groups is 1. The van der Waals surface area contributed by atoms with Gasteiger partial charge in [0.05, 0.1) is 9.82 Å². The maximum absolute atomic E-state index is 13.2. The Hall–Kier alpha value is -3.11. The van der Waals surface area contributed by atoms with Gasteiger partial charge in [0.2, 0.25) is 15.9 Å². The molecule has 1 amide bonds. The highest BCUT2D eigenvalue weighted by Gasteiger charge is 2.31. The van der Waals surface area contributed by atoms with Gasteiger partial charge in [0.15, 0.2) is 0 Å². The number of nitro benzene ring substituents is 1. The van der Waals surface area contributed by atoms with Crippen molar-refractivity contribution in [3.05, 3.63) is 75.6 Å². The van der Waals surface area contributed by atoms with E-state index < -0.39 is 20.8 Å². The first-order chi connectivity index (χ1) is 14.2. The van der Waals surface area contributed by atoms with Crippen molar-refractivity contribution in [2.24, 2.45) is 0 Å². The lowest BCUT2D eigenvalue weighted by Crippen LogP contribution is -2.50. The van der Waals surface area contributed by atoms with Gasteiger partial charge < -0.3 is 4.90 Å². The molecular formula is C20H20FN3O5S. The number of halogens is 1. The second-order valence-electron chi connectivity index (χ2n) is 6.82. The van der Waals surface area contributed by atoms with Gasteiger partial charge in [-0.3, -0.25) is 14.9 Å². The second kappa shape index (κ2) is 8.72. The summed E-state index contributed by atoms with van der Waals surface area (Å²) in [4.78, 5) is 24.1. The summed E-state index contributed by atoms with van der Waals surface area (Å²) in [5.41, 5.74) is 0.665. The summed E-state index contributed by atoms with van der Waals surface area (Å²) in [5.74, 6) is -0.706. The van der Waals surface area contributed by atoms with E-state index in [-0.39, 0.29) is 42.7 Å². The number of rotatable bonds is 5. The number of piperazine rings is 1. The van der Waals surface area contributed by atoms with Gasteiger partial charge in [0, 0.05) is 44.4 Å². The quantitative estimate of drug-likeness (QED) is 0.410. The highest BCUT2D eigenvalue weighted by Crippen LogP contribution is 2.25. The first kappa shape index (κ1) is 21.6. The molecule has 8 nitrogen and oxygen atoms in total. The fourth-order valence-corrected chi connectivity index (χ4v) is 4.82. The minimum atomic E-state index is -3.93. The zero-order valence-corrected chi connectivity index (χ0v) is 17.0. The van der Waals surface area contributed by atoms with E-state index in [1.807, 2.05) is 0 Å². The molecule has 0 bridgehead atoms. The normalized spacial score (nSPS) is 15.5. The Bertz CT molecular complexity index is 1110. The zero-order valence-electron chi connectivity index (χ0n) is 16.2. The molecule has 1 aliphatic rings. The van der Waals surface area contributed by atoms with E-state index in [1.165, 1.54) is 45.6 Å². The molecule has 0 N–H and O–H groups in total. The van der Waals surface area contributed by atoms with Crippen LogP contribution in [0.2, 0.25) is 0 Å². The summed E-state index contributed by atoms with van der Waals surface area (Å²) in [7, 11) is -3.93. The Balaban J connectivity index is 1.68. The van der Waals surface area contributed by atoms with Gasteiger partial charge in [-0.15, -0.1) is 0 Å². The summed E-state index contributed by atoms with van der Waals surface area (Å²) < 4.78 is 40.3. The van der Waals surface area contributed by atoms with Gasteiger partial charge in [-0.1, -0.05) is 18.2 Å². The van der Waals surface area contributed by atoms with Crippen molar-refractivity contribution in [1.29, 1.82) is 0 Å². The number of carbonyl (C=O) groups is 1. The Labute approximate surface area is 173 Å². The van der Waals surface area contributed by atoms with Gasteiger partial charge in [0.1, 0.15) is 5.82 Å². The van der Waals surface area contributed by atoms with Gasteiger partial charge >= 0.3 is 0 Å². The van der Waals surface area contributed by atoms with Crippen LogP contribution in [0.15, 0.2) is 53.4 Å². The molecule has 1 fully saturated rings. The summed E-state index contributed by atoms with van der Waals surface area (Å²) in [6.07, 6.45) is 2.82. The lowest BCUT2D eigenvalue weighted by molar-refractivity contribution is -0.385. The average molecular weight is 433 g/mol. The molecule has 30 heavy (non-hydrogen) atoms. The summed E-state index contributed by atoms with van der Waals surface area (Å²) in [6.45, 7) is 2.08. The standard InChI is InChI=1S/C20H20FN3O5S/c1-15-5-7-18(24(26)27)14-19(15)30(28,29)23-11-9-22(10-12-23)20(25)8-6-16-3-2-4-17(21)13-16/h2-8,13-14H,9-12H2,1H3. The predicted molar refractivity (Wildman–Crippen MR) is 109 cm³/mol. The molecule has 2 aromatic carbocycles. The van der Waals surface area contributed by atoms with Crippen molar-refractivity contribution in [3.63, 3.8) is 0 Å². The Morgan fingerprint density at radius 2 is 1.83 bits per heavy atom. The number of nitrogens with zero attached hydrogens (tertiary/aromatic N) is 3. The zero-order chi connectivity index (χ0) is 21.9. The fraction of sp³-hybridized carbons (Fsp3) is 0.250. The van der Waals surface area contributed by atoms with Crippen molar-refractivity contribution in [2.75, 3.05) is 26.2 Å². The molecule has 3 rings (SSSR count). The molecule has 0 unspecified atom stereocenters. The van der Waals surface area contributed by atoms with Crippen LogP contribution in [-0.2, 0) is 14.8 Å². The number of benzene rings is 2. The largest absolute Gasteiger partial charge is 0.337 e. The summed E-state index contributed by atoms with van der Waals surface area (Å²) in [5, 5.41) is 11.0. The van der Waals surface area contributed by atoms with Crippen molar-refractivity contribution in [3.8, 4) is 0 Å². The summed E-state index contributed by atoms with van der Waals surface area (Å²) >= 11 is 0. The second-order valence-corrected chi connectivity index (χ2v) is 8.73. The Kier molecular flexibility index (Phi) is 6.28. The van der Waals surface area contributed by atoms with E-state index in [2.05, 4.69) is 0 Å². The van der Waals surface area contributed by atoms with E-state index in [1.54, 1.807) is 19.1 Å². The maximum atomic E-state index is 13.2. The monoisotopic (exact) mass is 433 g/mol. The van der Waals surface area contributed by atoms with Crippen LogP contribution in [0.3, 0.4) is 0 Å². The van der Waals surface area contributed by atoms with E-state index >= 15 is 0 Å². The minimum absolute atomic E-state index is 0.0734.